The van der Waals surface area contributed by atoms with Gasteiger partial charge in [-0.05, 0) is 52.2 Å². The zero-order chi connectivity index (χ0) is 34.1. The largest absolute Gasteiger partial charge is 0.381 e. The Morgan fingerprint density at radius 2 is 1.63 bits per heavy atom. The number of benzene rings is 2. The van der Waals surface area contributed by atoms with E-state index in [-0.39, 0.29) is 24.6 Å². The molecule has 4 atom stereocenters. The van der Waals surface area contributed by atoms with E-state index in [1.165, 1.54) is 16.7 Å². The van der Waals surface area contributed by atoms with E-state index in [0.29, 0.717) is 0 Å². The quantitative estimate of drug-likeness (QED) is 0.221. The van der Waals surface area contributed by atoms with Crippen molar-refractivity contribution in [1.82, 2.24) is 20.9 Å². The molecule has 1 heterocycles. The number of carbonyl (C=O) groups excluding carboxylic acids is 5. The topological polar surface area (TPSA) is 171 Å². The van der Waals surface area contributed by atoms with Crippen molar-refractivity contribution in [2.24, 2.45) is 5.73 Å². The third-order valence-corrected chi connectivity index (χ3v) is 8.68. The first-order valence-corrected chi connectivity index (χ1v) is 16.1. The number of carbonyl (C=O) groups is 5. The van der Waals surface area contributed by atoms with Gasteiger partial charge in [-0.3, -0.25) is 24.0 Å². The molecule has 46 heavy (non-hydrogen) atoms. The van der Waals surface area contributed by atoms with Crippen LogP contribution in [0.5, 0.6) is 0 Å². The van der Waals surface area contributed by atoms with Gasteiger partial charge in [0.05, 0.1) is 18.3 Å². The molecule has 5 amide bonds. The van der Waals surface area contributed by atoms with Crippen LogP contribution in [0.1, 0.15) is 58.6 Å². The van der Waals surface area contributed by atoms with Crippen molar-refractivity contribution in [2.45, 2.75) is 88.4 Å². The number of thioether (sulfide) groups is 1. The van der Waals surface area contributed by atoms with Gasteiger partial charge in [0, 0.05) is 16.7 Å². The fourth-order valence-electron chi connectivity index (χ4n) is 5.12. The van der Waals surface area contributed by atoms with E-state index < -0.39 is 64.6 Å². The summed E-state index contributed by atoms with van der Waals surface area (Å²) >= 11 is 1.41. The van der Waals surface area contributed by atoms with E-state index in [1.807, 2.05) is 71.0 Å². The molecular formula is C34H45N5O6S. The van der Waals surface area contributed by atoms with Gasteiger partial charge in [0.15, 0.2) is 6.10 Å². The van der Waals surface area contributed by atoms with E-state index >= 15 is 0 Å². The SMILES string of the molecule is CC(C)(C)NC(=O)[C@H]1N(C(=O)[C@@H](O)[C@H](Cc2ccccc2)NC(=O)[C@H](CC(N)=O)NC(=O)C/C=C/c2ccccc2)CSC1(C)C. The number of amides is 5. The summed E-state index contributed by atoms with van der Waals surface area (Å²) in [7, 11) is 0. The number of rotatable bonds is 13. The summed E-state index contributed by atoms with van der Waals surface area (Å²) in [6.07, 6.45) is 1.14. The molecule has 0 aromatic heterocycles. The van der Waals surface area contributed by atoms with Gasteiger partial charge in [-0.2, -0.15) is 0 Å². The lowest BCUT2D eigenvalue weighted by molar-refractivity contribution is -0.148. The van der Waals surface area contributed by atoms with Crippen molar-refractivity contribution < 1.29 is 29.1 Å². The highest BCUT2D eigenvalue weighted by atomic mass is 32.2. The predicted molar refractivity (Wildman–Crippen MR) is 179 cm³/mol. The van der Waals surface area contributed by atoms with Crippen molar-refractivity contribution in [1.29, 1.82) is 0 Å². The molecule has 0 bridgehead atoms. The second-order valence-electron chi connectivity index (χ2n) is 12.9. The van der Waals surface area contributed by atoms with Crippen LogP contribution >= 0.6 is 11.8 Å². The lowest BCUT2D eigenvalue weighted by Crippen LogP contribution is -2.61. The fraction of sp³-hybridized carbons (Fsp3) is 0.441. The van der Waals surface area contributed by atoms with Crippen LogP contribution < -0.4 is 21.7 Å². The molecular weight excluding hydrogens is 606 g/mol. The Morgan fingerprint density at radius 1 is 1.02 bits per heavy atom. The first kappa shape index (κ1) is 36.3. The van der Waals surface area contributed by atoms with E-state index in [4.69, 9.17) is 5.73 Å². The normalized spacial score (nSPS) is 18.0. The number of primary amides is 1. The molecule has 6 N–H and O–H groups in total. The summed E-state index contributed by atoms with van der Waals surface area (Å²) in [5.41, 5.74) is 6.47. The lowest BCUT2D eigenvalue weighted by atomic mass is 9.96. The summed E-state index contributed by atoms with van der Waals surface area (Å²) in [5.74, 6) is -3.04. The molecule has 1 fully saturated rings. The summed E-state index contributed by atoms with van der Waals surface area (Å²) < 4.78 is -0.644. The third kappa shape index (κ3) is 10.7. The summed E-state index contributed by atoms with van der Waals surface area (Å²) in [4.78, 5) is 66.7. The van der Waals surface area contributed by atoms with Crippen LogP contribution in [0.2, 0.25) is 0 Å². The maximum Gasteiger partial charge on any atom is 0.254 e. The van der Waals surface area contributed by atoms with Crippen LogP contribution in [-0.4, -0.2) is 79.9 Å². The number of nitrogens with two attached hydrogens (primary N) is 1. The first-order chi connectivity index (χ1) is 21.6. The van der Waals surface area contributed by atoms with Gasteiger partial charge in [-0.1, -0.05) is 72.8 Å². The zero-order valence-corrected chi connectivity index (χ0v) is 27.8. The van der Waals surface area contributed by atoms with Crippen molar-refractivity contribution in [3.8, 4) is 0 Å². The first-order valence-electron chi connectivity index (χ1n) is 15.2. The van der Waals surface area contributed by atoms with Gasteiger partial charge in [-0.25, -0.2) is 0 Å². The van der Waals surface area contributed by atoms with E-state index in [0.717, 1.165) is 11.1 Å². The molecule has 1 aliphatic heterocycles. The van der Waals surface area contributed by atoms with Crippen molar-refractivity contribution >= 4 is 47.4 Å². The summed E-state index contributed by atoms with van der Waals surface area (Å²) in [6.45, 7) is 9.24. The molecule has 248 valence electrons. The minimum absolute atomic E-state index is 0.0553. The maximum absolute atomic E-state index is 13.9. The minimum Gasteiger partial charge on any atom is -0.381 e. The predicted octanol–water partition coefficient (Wildman–Crippen LogP) is 2.13. The summed E-state index contributed by atoms with van der Waals surface area (Å²) in [6, 6.07) is 14.9. The van der Waals surface area contributed by atoms with Crippen molar-refractivity contribution in [3.05, 3.63) is 77.9 Å². The Morgan fingerprint density at radius 3 is 2.22 bits per heavy atom. The maximum atomic E-state index is 13.9. The van der Waals surface area contributed by atoms with Crippen LogP contribution in [0.25, 0.3) is 6.08 Å². The van der Waals surface area contributed by atoms with Gasteiger partial charge >= 0.3 is 0 Å². The molecule has 0 radical (unpaired) electrons. The zero-order valence-electron chi connectivity index (χ0n) is 27.0. The number of aliphatic hydroxyl groups excluding tert-OH is 1. The Bertz CT molecular complexity index is 1410. The average Bonchev–Trinajstić information content (AvgIpc) is 3.30. The Labute approximate surface area is 274 Å². The highest BCUT2D eigenvalue weighted by Crippen LogP contribution is 2.40. The van der Waals surface area contributed by atoms with Gasteiger partial charge in [0.2, 0.25) is 23.6 Å². The molecule has 11 nitrogen and oxygen atoms in total. The minimum atomic E-state index is -1.75. The van der Waals surface area contributed by atoms with Gasteiger partial charge in [0.1, 0.15) is 12.1 Å². The molecule has 0 aliphatic carbocycles. The molecule has 1 saturated heterocycles. The van der Waals surface area contributed by atoms with E-state index in [1.54, 1.807) is 36.4 Å². The number of hydrogen-bond acceptors (Lipinski definition) is 7. The standard InChI is InChI=1S/C34H45N5O6S/c1-33(2,3)38-31(44)29-34(4,5)46-21-39(29)32(45)28(42)24(19-23-15-10-7-11-16-23)37-30(43)25(20-26(35)40)36-27(41)18-12-17-22-13-8-6-9-14-22/h6-17,24-25,28-29,42H,18-21H2,1-5H3,(H2,35,40)(H,36,41)(H,37,43)(H,38,44)/b17-12+/t24-,25-,28-,29+/m0/s1. The molecule has 12 heteroatoms. The van der Waals surface area contributed by atoms with E-state index in [2.05, 4.69) is 16.0 Å². The molecule has 0 unspecified atom stereocenters. The van der Waals surface area contributed by atoms with Crippen LogP contribution in [0.4, 0.5) is 0 Å². The molecule has 0 spiro atoms. The number of nitrogens with zero attached hydrogens (tertiary/aromatic N) is 1. The van der Waals surface area contributed by atoms with Crippen LogP contribution in [-0.2, 0) is 30.4 Å². The highest BCUT2D eigenvalue weighted by Gasteiger charge is 2.50. The number of nitrogens with one attached hydrogen (secondary N) is 3. The lowest BCUT2D eigenvalue weighted by Gasteiger charge is -2.35. The Kier molecular flexibility index (Phi) is 12.6. The Hall–Kier alpha value is -4.16. The van der Waals surface area contributed by atoms with Crippen molar-refractivity contribution in [2.75, 3.05) is 5.88 Å². The van der Waals surface area contributed by atoms with Gasteiger partial charge < -0.3 is 31.7 Å². The molecule has 3 rings (SSSR count). The van der Waals surface area contributed by atoms with Gasteiger partial charge in [-0.15, -0.1) is 11.8 Å². The second-order valence-corrected chi connectivity index (χ2v) is 14.5. The monoisotopic (exact) mass is 651 g/mol. The molecule has 2 aromatic rings. The molecule has 2 aromatic carbocycles. The highest BCUT2D eigenvalue weighted by molar-refractivity contribution is 8.00. The van der Waals surface area contributed by atoms with Gasteiger partial charge in [0.25, 0.3) is 5.91 Å². The number of aliphatic hydroxyl groups is 1. The van der Waals surface area contributed by atoms with Crippen LogP contribution in [0.15, 0.2) is 66.7 Å². The molecule has 0 saturated carbocycles. The van der Waals surface area contributed by atoms with Crippen LogP contribution in [0.3, 0.4) is 0 Å². The van der Waals surface area contributed by atoms with Crippen LogP contribution in [0, 0.1) is 0 Å². The van der Waals surface area contributed by atoms with E-state index in [9.17, 15) is 29.1 Å². The second kappa shape index (κ2) is 15.9. The smallest absolute Gasteiger partial charge is 0.254 e. The summed E-state index contributed by atoms with van der Waals surface area (Å²) in [5, 5.41) is 19.6. The number of hydrogen-bond donors (Lipinski definition) is 5. The third-order valence-electron chi connectivity index (χ3n) is 7.31. The Balaban J connectivity index is 1.81. The molecule has 1 aliphatic rings. The fourth-order valence-corrected chi connectivity index (χ4v) is 6.26. The average molecular weight is 652 g/mol. The van der Waals surface area contributed by atoms with Crippen molar-refractivity contribution in [3.63, 3.8) is 0 Å².